The number of rotatable bonds is 60. The van der Waals surface area contributed by atoms with Crippen molar-refractivity contribution in [2.45, 2.75) is 277 Å². The number of hydrogen-bond donors (Lipinski definition) is 0. The summed E-state index contributed by atoms with van der Waals surface area (Å²) in [4.78, 5) is 38.0. The van der Waals surface area contributed by atoms with Crippen LogP contribution in [0.2, 0.25) is 0 Å². The fourth-order valence-electron chi connectivity index (χ4n) is 8.88. The molecule has 0 fully saturated rings. The van der Waals surface area contributed by atoms with Crippen molar-refractivity contribution in [1.82, 2.24) is 0 Å². The SMILES string of the molecule is CC/C=C\C/C=C\C/C=C\C/C=C\C/C=C\C/C=C\C/C=C\C/C=C\C/C=C\CCCCCC(=O)OC(COC(=O)CCCCCCCCCCCCCCCCC/C=C\CCCCCCCCCC)COP(=O)([O-])OCC[N+](C)(C)C. The molecular formula is C72H124NO8P. The molecule has 0 aliphatic heterocycles. The minimum Gasteiger partial charge on any atom is -0.756 e. The van der Waals surface area contributed by atoms with Crippen molar-refractivity contribution in [2.75, 3.05) is 47.5 Å². The summed E-state index contributed by atoms with van der Waals surface area (Å²) in [5.41, 5.74) is 0. The highest BCUT2D eigenvalue weighted by Gasteiger charge is 2.22. The van der Waals surface area contributed by atoms with Crippen LogP contribution in [0.3, 0.4) is 0 Å². The van der Waals surface area contributed by atoms with Crippen molar-refractivity contribution in [1.29, 1.82) is 0 Å². The van der Waals surface area contributed by atoms with Gasteiger partial charge >= 0.3 is 11.9 Å². The standard InChI is InChI=1S/C72H124NO8P/c1-6-8-10-12-14-16-18-20-22-24-26-28-30-32-34-35-36-37-39-41-43-45-47-49-51-53-55-57-59-61-63-65-72(75)81-70(69-80-82(76,77)79-67-66-73(3,4)5)68-78-71(74)64-62-60-58-56-54-52-50-48-46-44-42-40-38-33-31-29-27-25-23-21-19-17-15-13-11-9-7-2/h8,10,14,16,20,22,25-28,32,34,36-37,41,43,47,49,53,55,70H,6-7,9,11-13,15,17-19,21,23-24,29-31,33,35,38-40,42,44-46,48,50-52,54,56-69H2,1-5H3/b10-8-,16-14-,22-20-,27-25-,28-26-,34-32-,37-36-,43-41-,49-47-,55-53-. The van der Waals surface area contributed by atoms with Crippen LogP contribution < -0.4 is 4.89 Å². The van der Waals surface area contributed by atoms with Crippen LogP contribution in [0, 0.1) is 0 Å². The summed E-state index contributed by atoms with van der Waals surface area (Å²) in [6.07, 6.45) is 88.4. The molecular weight excluding hydrogens is 1040 g/mol. The smallest absolute Gasteiger partial charge is 0.306 e. The maximum absolute atomic E-state index is 12.8. The summed E-state index contributed by atoms with van der Waals surface area (Å²) in [6, 6.07) is 0. The van der Waals surface area contributed by atoms with Gasteiger partial charge in [-0.3, -0.25) is 14.2 Å². The van der Waals surface area contributed by atoms with E-state index in [4.69, 9.17) is 18.5 Å². The highest BCUT2D eigenvalue weighted by atomic mass is 31.2. The molecule has 0 bridgehead atoms. The average Bonchev–Trinajstić information content (AvgIpc) is 3.46. The van der Waals surface area contributed by atoms with Gasteiger partial charge in [0.25, 0.3) is 7.82 Å². The summed E-state index contributed by atoms with van der Waals surface area (Å²) in [5.74, 6) is -0.873. The molecule has 0 aromatic heterocycles. The molecule has 0 aliphatic rings. The topological polar surface area (TPSA) is 111 Å². The molecule has 2 unspecified atom stereocenters. The van der Waals surface area contributed by atoms with E-state index in [1.807, 2.05) is 21.1 Å². The molecule has 0 amide bonds. The van der Waals surface area contributed by atoms with E-state index in [1.165, 1.54) is 141 Å². The average molecular weight is 1160 g/mol. The number of likely N-dealkylation sites (N-methyl/N-ethyl adjacent to an activating group) is 1. The Morgan fingerprint density at radius 3 is 1.06 bits per heavy atom. The monoisotopic (exact) mass is 1160 g/mol. The number of phosphoric ester groups is 1. The molecule has 0 N–H and O–H groups in total. The molecule has 0 spiro atoms. The van der Waals surface area contributed by atoms with E-state index < -0.39 is 32.5 Å². The summed E-state index contributed by atoms with van der Waals surface area (Å²) in [5, 5.41) is 0. The fourth-order valence-corrected chi connectivity index (χ4v) is 9.61. The Morgan fingerprint density at radius 1 is 0.390 bits per heavy atom. The number of esters is 2. The Labute approximate surface area is 505 Å². The molecule has 2 atom stereocenters. The number of hydrogen-bond acceptors (Lipinski definition) is 8. The minimum absolute atomic E-state index is 0.0433. The van der Waals surface area contributed by atoms with E-state index in [2.05, 4.69) is 135 Å². The molecule has 0 saturated carbocycles. The summed E-state index contributed by atoms with van der Waals surface area (Å²) >= 11 is 0. The zero-order chi connectivity index (χ0) is 59.8. The Morgan fingerprint density at radius 2 is 0.695 bits per heavy atom. The fraction of sp³-hybridized carbons (Fsp3) is 0.694. The van der Waals surface area contributed by atoms with Gasteiger partial charge in [0.1, 0.15) is 19.8 Å². The summed E-state index contributed by atoms with van der Waals surface area (Å²) in [6.45, 7) is 4.10. The second-order valence-electron chi connectivity index (χ2n) is 23.1. The number of nitrogens with zero attached hydrogens (tertiary/aromatic N) is 1. The van der Waals surface area contributed by atoms with Gasteiger partial charge in [-0.1, -0.05) is 270 Å². The summed E-state index contributed by atoms with van der Waals surface area (Å²) < 4.78 is 34.2. The maximum Gasteiger partial charge on any atom is 0.306 e. The van der Waals surface area contributed by atoms with Gasteiger partial charge in [0, 0.05) is 12.8 Å². The Hall–Kier alpha value is -3.59. The van der Waals surface area contributed by atoms with Crippen molar-refractivity contribution < 1.29 is 42.1 Å². The molecule has 0 radical (unpaired) electrons. The second kappa shape index (κ2) is 62.0. The van der Waals surface area contributed by atoms with Crippen molar-refractivity contribution in [3.8, 4) is 0 Å². The first-order valence-electron chi connectivity index (χ1n) is 33.2. The quantitative estimate of drug-likeness (QED) is 0.0195. The first kappa shape index (κ1) is 78.4. The van der Waals surface area contributed by atoms with E-state index in [1.54, 1.807) is 0 Å². The lowest BCUT2D eigenvalue weighted by Crippen LogP contribution is -2.37. The largest absolute Gasteiger partial charge is 0.756 e. The van der Waals surface area contributed by atoms with Crippen LogP contribution in [-0.4, -0.2) is 70.0 Å². The second-order valence-corrected chi connectivity index (χ2v) is 24.5. The Balaban J connectivity index is 4.19. The highest BCUT2D eigenvalue weighted by Crippen LogP contribution is 2.38. The van der Waals surface area contributed by atoms with Crippen molar-refractivity contribution >= 4 is 19.8 Å². The number of unbranched alkanes of at least 4 members (excludes halogenated alkanes) is 26. The molecule has 0 aromatic rings. The van der Waals surface area contributed by atoms with Gasteiger partial charge < -0.3 is 27.9 Å². The van der Waals surface area contributed by atoms with Gasteiger partial charge in [-0.05, 0) is 109 Å². The van der Waals surface area contributed by atoms with Crippen molar-refractivity contribution in [3.05, 3.63) is 122 Å². The van der Waals surface area contributed by atoms with Crippen molar-refractivity contribution in [2.24, 2.45) is 0 Å². The van der Waals surface area contributed by atoms with E-state index in [-0.39, 0.29) is 26.1 Å². The number of quaternary nitrogens is 1. The predicted molar refractivity (Wildman–Crippen MR) is 351 cm³/mol. The van der Waals surface area contributed by atoms with Gasteiger partial charge in [0.2, 0.25) is 0 Å². The number of allylic oxidation sites excluding steroid dienone is 20. The van der Waals surface area contributed by atoms with E-state index in [0.717, 1.165) is 96.3 Å². The van der Waals surface area contributed by atoms with E-state index in [0.29, 0.717) is 17.4 Å². The summed E-state index contributed by atoms with van der Waals surface area (Å²) in [7, 11) is 1.13. The normalized spacial score (nSPS) is 14.0. The molecule has 0 rings (SSSR count). The third-order valence-corrected chi connectivity index (χ3v) is 14.9. The van der Waals surface area contributed by atoms with Gasteiger partial charge in [-0.25, -0.2) is 0 Å². The van der Waals surface area contributed by atoms with Crippen LogP contribution in [0.15, 0.2) is 122 Å². The number of phosphoric acid groups is 1. The molecule has 9 nitrogen and oxygen atoms in total. The number of ether oxygens (including phenoxy) is 2. The molecule has 10 heteroatoms. The van der Waals surface area contributed by atoms with E-state index >= 15 is 0 Å². The van der Waals surface area contributed by atoms with Crippen LogP contribution in [0.25, 0.3) is 0 Å². The van der Waals surface area contributed by atoms with Gasteiger partial charge in [-0.2, -0.15) is 0 Å². The number of carbonyl (C=O) groups excluding carboxylic acids is 2. The van der Waals surface area contributed by atoms with Crippen molar-refractivity contribution in [3.63, 3.8) is 0 Å². The molecule has 470 valence electrons. The van der Waals surface area contributed by atoms with Crippen LogP contribution in [0.4, 0.5) is 0 Å². The van der Waals surface area contributed by atoms with E-state index in [9.17, 15) is 19.0 Å². The van der Waals surface area contributed by atoms with Gasteiger partial charge in [0.15, 0.2) is 6.10 Å². The first-order chi connectivity index (χ1) is 40.0. The lowest BCUT2D eigenvalue weighted by Gasteiger charge is -2.28. The van der Waals surface area contributed by atoms with Crippen LogP contribution >= 0.6 is 7.82 Å². The first-order valence-corrected chi connectivity index (χ1v) is 34.7. The van der Waals surface area contributed by atoms with Gasteiger partial charge in [0.05, 0.1) is 27.7 Å². The number of carbonyl (C=O) groups is 2. The predicted octanol–water partition coefficient (Wildman–Crippen LogP) is 20.9. The van der Waals surface area contributed by atoms with Gasteiger partial charge in [-0.15, -0.1) is 0 Å². The molecule has 0 aliphatic carbocycles. The highest BCUT2D eigenvalue weighted by molar-refractivity contribution is 7.45. The lowest BCUT2D eigenvalue weighted by molar-refractivity contribution is -0.870. The molecule has 0 heterocycles. The lowest BCUT2D eigenvalue weighted by atomic mass is 10.0. The van der Waals surface area contributed by atoms with Crippen LogP contribution in [-0.2, 0) is 32.7 Å². The zero-order valence-electron chi connectivity index (χ0n) is 53.4. The molecule has 0 saturated heterocycles. The van der Waals surface area contributed by atoms with Crippen LogP contribution in [0.5, 0.6) is 0 Å². The Kier molecular flexibility index (Phi) is 59.2. The molecule has 0 aromatic carbocycles. The van der Waals surface area contributed by atoms with Crippen LogP contribution in [0.1, 0.15) is 271 Å². The molecule has 82 heavy (non-hydrogen) atoms. The minimum atomic E-state index is -4.66. The Bertz CT molecular complexity index is 1800. The third kappa shape index (κ3) is 65.6. The maximum atomic E-state index is 12.8. The zero-order valence-corrected chi connectivity index (χ0v) is 54.3. The third-order valence-electron chi connectivity index (χ3n) is 14.0.